The number of nitrogens with zero attached hydrogens (tertiary/aromatic N) is 2. The first-order valence-electron chi connectivity index (χ1n) is 21.4. The van der Waals surface area contributed by atoms with Crippen LogP contribution in [0.3, 0.4) is 0 Å². The smallest absolute Gasteiger partial charge is 0.137 e. The maximum atomic E-state index is 6.75. The Balaban J connectivity index is 0.963. The Labute approximate surface area is 358 Å². The molecule has 3 heteroatoms. The molecule has 0 saturated heterocycles. The third-order valence-corrected chi connectivity index (χ3v) is 13.8. The Morgan fingerprint density at radius 2 is 0.871 bits per heavy atom. The second-order valence-corrected chi connectivity index (χ2v) is 16.8. The number of hydrogen-bond donors (Lipinski definition) is 0. The summed E-state index contributed by atoms with van der Waals surface area (Å²) >= 11 is 0. The highest BCUT2D eigenvalue weighted by atomic mass is 16.3. The molecular weight excluding hydrogens is 753 g/mol. The van der Waals surface area contributed by atoms with Crippen LogP contribution in [0.5, 0.6) is 0 Å². The number of furan rings is 1. The molecule has 0 unspecified atom stereocenters. The minimum atomic E-state index is -0.392. The summed E-state index contributed by atoms with van der Waals surface area (Å²) in [5.41, 5.74) is 18.6. The number of benzene rings is 10. The summed E-state index contributed by atoms with van der Waals surface area (Å²) in [6.45, 7) is 0. The first-order valence-corrected chi connectivity index (χ1v) is 21.4. The van der Waals surface area contributed by atoms with Gasteiger partial charge >= 0.3 is 0 Å². The Morgan fingerprint density at radius 3 is 1.58 bits per heavy atom. The fourth-order valence-corrected chi connectivity index (χ4v) is 11.2. The molecule has 0 aliphatic heterocycles. The van der Waals surface area contributed by atoms with Crippen LogP contribution in [0.1, 0.15) is 22.3 Å². The van der Waals surface area contributed by atoms with Crippen molar-refractivity contribution >= 4 is 71.6 Å². The van der Waals surface area contributed by atoms with Gasteiger partial charge in [-0.25, -0.2) is 0 Å². The molecule has 2 aromatic heterocycles. The normalized spacial score (nSPS) is 13.3. The predicted molar refractivity (Wildman–Crippen MR) is 257 cm³/mol. The fourth-order valence-electron chi connectivity index (χ4n) is 11.2. The van der Waals surface area contributed by atoms with Gasteiger partial charge in [-0.1, -0.05) is 146 Å². The molecule has 0 saturated carbocycles. The predicted octanol–water partition coefficient (Wildman–Crippen LogP) is 15.6. The average molecular weight is 789 g/mol. The molecule has 288 valence electrons. The summed E-state index contributed by atoms with van der Waals surface area (Å²) in [7, 11) is 0. The SMILES string of the molecule is c1ccc2c(c1)-c1ccccc1C21c2ccccc2-c2cc(N(c3ccc4ccccc4c3)c3ccc4c(c3)oc3ccc(-n5c6ccccc6c6ccccc65)cc34)ccc21. The molecule has 14 rings (SSSR count). The van der Waals surface area contributed by atoms with E-state index in [-0.39, 0.29) is 0 Å². The Morgan fingerprint density at radius 1 is 0.339 bits per heavy atom. The van der Waals surface area contributed by atoms with Crippen molar-refractivity contribution in [2.75, 3.05) is 4.90 Å². The van der Waals surface area contributed by atoms with Gasteiger partial charge in [-0.2, -0.15) is 0 Å². The zero-order valence-corrected chi connectivity index (χ0v) is 33.6. The maximum absolute atomic E-state index is 6.75. The van der Waals surface area contributed by atoms with E-state index in [9.17, 15) is 0 Å². The highest BCUT2D eigenvalue weighted by molar-refractivity contribution is 6.11. The van der Waals surface area contributed by atoms with Crippen LogP contribution in [0.2, 0.25) is 0 Å². The summed E-state index contributed by atoms with van der Waals surface area (Å²) in [6.07, 6.45) is 0. The van der Waals surface area contributed by atoms with E-state index < -0.39 is 5.41 Å². The quantitative estimate of drug-likeness (QED) is 0.177. The number of fused-ring (bicyclic) bond motifs is 17. The lowest BCUT2D eigenvalue weighted by Crippen LogP contribution is -2.25. The Kier molecular flexibility index (Phi) is 6.76. The third kappa shape index (κ3) is 4.44. The Bertz CT molecular complexity index is 3750. The molecule has 2 heterocycles. The highest BCUT2D eigenvalue weighted by Gasteiger charge is 2.51. The van der Waals surface area contributed by atoms with Gasteiger partial charge in [0.05, 0.1) is 16.4 Å². The third-order valence-electron chi connectivity index (χ3n) is 13.8. The van der Waals surface area contributed by atoms with Gasteiger partial charge in [0.1, 0.15) is 11.2 Å². The molecule has 0 fully saturated rings. The molecule has 0 amide bonds. The van der Waals surface area contributed by atoms with Crippen LogP contribution in [0.15, 0.2) is 223 Å². The first kappa shape index (κ1) is 33.7. The molecule has 1 spiro atoms. The molecule has 2 aliphatic carbocycles. The lowest BCUT2D eigenvalue weighted by molar-refractivity contribution is 0.669. The van der Waals surface area contributed by atoms with Gasteiger partial charge in [-0.15, -0.1) is 0 Å². The maximum Gasteiger partial charge on any atom is 0.137 e. The molecule has 0 bridgehead atoms. The van der Waals surface area contributed by atoms with Gasteiger partial charge in [-0.3, -0.25) is 0 Å². The number of rotatable bonds is 4. The number of anilines is 3. The van der Waals surface area contributed by atoms with Gasteiger partial charge in [0.15, 0.2) is 0 Å². The Hall–Kier alpha value is -8.14. The molecule has 3 nitrogen and oxygen atoms in total. The number of hydrogen-bond acceptors (Lipinski definition) is 2. The van der Waals surface area contributed by atoms with Crippen LogP contribution in [0.4, 0.5) is 17.1 Å². The zero-order valence-electron chi connectivity index (χ0n) is 33.6. The van der Waals surface area contributed by atoms with Crippen LogP contribution in [-0.4, -0.2) is 4.57 Å². The van der Waals surface area contributed by atoms with E-state index in [1.54, 1.807) is 0 Å². The van der Waals surface area contributed by atoms with E-state index in [0.29, 0.717) is 0 Å². The van der Waals surface area contributed by atoms with E-state index in [1.165, 1.54) is 77.1 Å². The number of aromatic nitrogens is 1. The molecule has 62 heavy (non-hydrogen) atoms. The first-order chi connectivity index (χ1) is 30.7. The van der Waals surface area contributed by atoms with E-state index in [2.05, 4.69) is 228 Å². The van der Waals surface area contributed by atoms with E-state index >= 15 is 0 Å². The van der Waals surface area contributed by atoms with E-state index in [0.717, 1.165) is 44.7 Å². The topological polar surface area (TPSA) is 21.3 Å². The van der Waals surface area contributed by atoms with Crippen molar-refractivity contribution in [1.29, 1.82) is 0 Å². The fraction of sp³-hybridized carbons (Fsp3) is 0.0169. The number of para-hydroxylation sites is 2. The molecular formula is C59H36N2O. The van der Waals surface area contributed by atoms with Crippen LogP contribution in [-0.2, 0) is 5.41 Å². The van der Waals surface area contributed by atoms with Crippen molar-refractivity contribution in [1.82, 2.24) is 4.57 Å². The van der Waals surface area contributed by atoms with Gasteiger partial charge in [-0.05, 0) is 122 Å². The van der Waals surface area contributed by atoms with Gasteiger partial charge < -0.3 is 13.9 Å². The summed E-state index contributed by atoms with van der Waals surface area (Å²) in [4.78, 5) is 2.40. The van der Waals surface area contributed by atoms with Crippen LogP contribution < -0.4 is 4.90 Å². The lowest BCUT2D eigenvalue weighted by atomic mass is 9.70. The molecule has 0 N–H and O–H groups in total. The molecule has 10 aromatic carbocycles. The second kappa shape index (κ2) is 12.4. The minimum Gasteiger partial charge on any atom is -0.456 e. The van der Waals surface area contributed by atoms with Crippen molar-refractivity contribution in [3.05, 3.63) is 241 Å². The van der Waals surface area contributed by atoms with Gasteiger partial charge in [0.25, 0.3) is 0 Å². The van der Waals surface area contributed by atoms with Gasteiger partial charge in [0.2, 0.25) is 0 Å². The second-order valence-electron chi connectivity index (χ2n) is 16.8. The average Bonchev–Trinajstić information content (AvgIpc) is 4.05. The molecule has 12 aromatic rings. The van der Waals surface area contributed by atoms with E-state index in [4.69, 9.17) is 4.42 Å². The van der Waals surface area contributed by atoms with Crippen molar-refractivity contribution in [3.63, 3.8) is 0 Å². The molecule has 2 aliphatic rings. The van der Waals surface area contributed by atoms with Crippen molar-refractivity contribution in [2.24, 2.45) is 0 Å². The molecule has 0 atom stereocenters. The van der Waals surface area contributed by atoms with Crippen LogP contribution in [0.25, 0.3) is 82.5 Å². The standard InChI is InChI=1S/C59H36N2O/c1-2-14-38-33-39(26-25-37(38)13-1)60(40-28-31-54-49(34-40)45-17-5-10-22-53(45)59(54)51-20-8-3-15-43(51)44-16-4-9-21-52(44)59)42-27-30-48-50-35-41(29-32-57(50)62-58(48)36-42)61-55-23-11-6-18-46(55)47-19-7-12-24-56(47)61/h1-36H. The van der Waals surface area contributed by atoms with Crippen LogP contribution >= 0.6 is 0 Å². The highest BCUT2D eigenvalue weighted by Crippen LogP contribution is 2.63. The van der Waals surface area contributed by atoms with Crippen LogP contribution in [0, 0.1) is 0 Å². The van der Waals surface area contributed by atoms with Gasteiger partial charge in [0, 0.05) is 50.4 Å². The summed E-state index contributed by atoms with van der Waals surface area (Å²) in [5.74, 6) is 0. The monoisotopic (exact) mass is 788 g/mol. The minimum absolute atomic E-state index is 0.392. The van der Waals surface area contributed by atoms with Crippen molar-refractivity contribution in [2.45, 2.75) is 5.41 Å². The van der Waals surface area contributed by atoms with E-state index in [1.807, 2.05) is 0 Å². The summed E-state index contributed by atoms with van der Waals surface area (Å²) in [5, 5.41) is 7.10. The van der Waals surface area contributed by atoms with Crippen molar-refractivity contribution in [3.8, 4) is 27.9 Å². The summed E-state index contributed by atoms with van der Waals surface area (Å²) in [6, 6.07) is 80.2. The zero-order chi connectivity index (χ0) is 40.5. The molecule has 0 radical (unpaired) electrons. The largest absolute Gasteiger partial charge is 0.456 e. The lowest BCUT2D eigenvalue weighted by Gasteiger charge is -2.31. The van der Waals surface area contributed by atoms with Crippen molar-refractivity contribution < 1.29 is 4.42 Å². The summed E-state index contributed by atoms with van der Waals surface area (Å²) < 4.78 is 9.12.